The Hall–Kier alpha value is -3.25. The van der Waals surface area contributed by atoms with Gasteiger partial charge in [-0.1, -0.05) is 62.2 Å². The molecule has 6 nitrogen and oxygen atoms in total. The lowest BCUT2D eigenvalue weighted by Gasteiger charge is -2.23. The van der Waals surface area contributed by atoms with Crippen molar-refractivity contribution in [2.24, 2.45) is 4.99 Å². The fourth-order valence-electron chi connectivity index (χ4n) is 3.80. The second-order valence-corrected chi connectivity index (χ2v) is 8.00. The van der Waals surface area contributed by atoms with Gasteiger partial charge in [-0.3, -0.25) is 9.36 Å². The normalized spacial score (nSPS) is 14.2. The molecule has 4 rings (SSSR count). The first-order valence-electron chi connectivity index (χ1n) is 11.4. The molecule has 1 fully saturated rings. The summed E-state index contributed by atoms with van der Waals surface area (Å²) in [5.41, 5.74) is 3.31. The molecule has 3 aromatic rings. The molecule has 1 aliphatic rings. The highest BCUT2D eigenvalue weighted by molar-refractivity contribution is 6.11. The minimum absolute atomic E-state index is 0.0933. The molecule has 1 saturated heterocycles. The number of imidazole rings is 1. The van der Waals surface area contributed by atoms with Crippen LogP contribution in [-0.4, -0.2) is 52.9 Å². The van der Waals surface area contributed by atoms with Crippen LogP contribution < -0.4 is 0 Å². The van der Waals surface area contributed by atoms with Crippen LogP contribution in [0.4, 0.5) is 5.82 Å². The van der Waals surface area contributed by atoms with Gasteiger partial charge in [-0.15, -0.1) is 0 Å². The number of nitrogens with zero attached hydrogens (tertiary/aromatic N) is 4. The van der Waals surface area contributed by atoms with Gasteiger partial charge in [0.05, 0.1) is 19.6 Å². The van der Waals surface area contributed by atoms with Crippen LogP contribution in [0.5, 0.6) is 0 Å². The summed E-state index contributed by atoms with van der Waals surface area (Å²) in [6.45, 7) is 5.14. The molecule has 0 radical (unpaired) electrons. The van der Waals surface area contributed by atoms with Crippen LogP contribution in [0, 0.1) is 0 Å². The topological polar surface area (TPSA) is 59.7 Å². The highest BCUT2D eigenvalue weighted by Gasteiger charge is 2.21. The van der Waals surface area contributed by atoms with E-state index in [0.717, 1.165) is 25.2 Å². The predicted octanol–water partition coefficient (Wildman–Crippen LogP) is 4.83. The summed E-state index contributed by atoms with van der Waals surface area (Å²) in [6, 6.07) is 17.7. The van der Waals surface area contributed by atoms with Gasteiger partial charge in [0.15, 0.2) is 5.82 Å². The number of rotatable bonds is 9. The zero-order chi connectivity index (χ0) is 22.2. The van der Waals surface area contributed by atoms with E-state index >= 15 is 0 Å². The third-order valence-electron chi connectivity index (χ3n) is 5.67. The van der Waals surface area contributed by atoms with Gasteiger partial charge in [0, 0.05) is 24.3 Å². The van der Waals surface area contributed by atoms with Gasteiger partial charge < -0.3 is 9.64 Å². The van der Waals surface area contributed by atoms with E-state index in [1.807, 2.05) is 34.9 Å². The number of hydrogen-bond acceptors (Lipinski definition) is 4. The molecule has 0 aliphatic carbocycles. The van der Waals surface area contributed by atoms with E-state index in [1.165, 1.54) is 24.8 Å². The fourth-order valence-corrected chi connectivity index (χ4v) is 3.80. The maximum absolute atomic E-state index is 13.4. The van der Waals surface area contributed by atoms with Gasteiger partial charge >= 0.3 is 0 Å². The molecule has 6 heteroatoms. The molecule has 0 unspecified atom stereocenters. The van der Waals surface area contributed by atoms with Crippen molar-refractivity contribution in [3.8, 4) is 5.69 Å². The van der Waals surface area contributed by atoms with Crippen LogP contribution in [0.25, 0.3) is 5.69 Å². The summed E-state index contributed by atoms with van der Waals surface area (Å²) in [7, 11) is 0. The van der Waals surface area contributed by atoms with Crippen molar-refractivity contribution in [1.82, 2.24) is 14.5 Å². The quantitative estimate of drug-likeness (QED) is 0.211. The van der Waals surface area contributed by atoms with Crippen LogP contribution in [-0.2, 0) is 11.2 Å². The van der Waals surface area contributed by atoms with E-state index in [4.69, 9.17) is 4.74 Å². The molecule has 1 aromatic heterocycles. The standard InChI is InChI=1S/C26H30N4O2/c1-2-3-5-8-21-11-13-23(14-12-21)30-20-28-26(27-19-29-15-17-32-18-16-29)24(30)25(31)22-9-6-4-7-10-22/h4,6-7,9-14,19-20H,2-3,5,8,15-18H2,1H3. The lowest BCUT2D eigenvalue weighted by atomic mass is 10.1. The molecule has 166 valence electrons. The molecule has 2 heterocycles. The van der Waals surface area contributed by atoms with Gasteiger partial charge in [0.2, 0.25) is 5.78 Å². The zero-order valence-electron chi connectivity index (χ0n) is 18.6. The molecule has 32 heavy (non-hydrogen) atoms. The number of aliphatic imine (C=N–C) groups is 1. The van der Waals surface area contributed by atoms with Crippen LogP contribution in [0.3, 0.4) is 0 Å². The number of ether oxygens (including phenoxy) is 1. The van der Waals surface area contributed by atoms with Gasteiger partial charge in [-0.2, -0.15) is 0 Å². The second kappa shape index (κ2) is 10.9. The number of aromatic nitrogens is 2. The Morgan fingerprint density at radius 2 is 1.81 bits per heavy atom. The Labute approximate surface area is 189 Å². The number of unbranched alkanes of at least 4 members (excludes halogenated alkanes) is 2. The van der Waals surface area contributed by atoms with Gasteiger partial charge in [0.25, 0.3) is 0 Å². The maximum Gasteiger partial charge on any atom is 0.213 e. The maximum atomic E-state index is 13.4. The summed E-state index contributed by atoms with van der Waals surface area (Å²) in [4.78, 5) is 24.6. The smallest absolute Gasteiger partial charge is 0.213 e. The average molecular weight is 431 g/mol. The van der Waals surface area contributed by atoms with Crippen molar-refractivity contribution in [3.05, 3.63) is 77.7 Å². The van der Waals surface area contributed by atoms with E-state index in [0.29, 0.717) is 30.3 Å². The highest BCUT2D eigenvalue weighted by Crippen LogP contribution is 2.25. The van der Waals surface area contributed by atoms with Crippen molar-refractivity contribution in [2.45, 2.75) is 32.6 Å². The zero-order valence-corrected chi connectivity index (χ0v) is 18.6. The molecule has 0 saturated carbocycles. The summed E-state index contributed by atoms with van der Waals surface area (Å²) in [5, 5.41) is 0. The minimum atomic E-state index is -0.0933. The molecular formula is C26H30N4O2. The number of carbonyl (C=O) groups is 1. The van der Waals surface area contributed by atoms with E-state index in [9.17, 15) is 4.79 Å². The molecule has 1 aliphatic heterocycles. The third kappa shape index (κ3) is 5.32. The lowest BCUT2D eigenvalue weighted by molar-refractivity contribution is 0.0701. The molecule has 0 spiro atoms. The van der Waals surface area contributed by atoms with Crippen LogP contribution >= 0.6 is 0 Å². The van der Waals surface area contributed by atoms with E-state index < -0.39 is 0 Å². The third-order valence-corrected chi connectivity index (χ3v) is 5.67. The number of carbonyl (C=O) groups excluding carboxylic acids is 1. The van der Waals surface area contributed by atoms with Crippen molar-refractivity contribution in [3.63, 3.8) is 0 Å². The lowest BCUT2D eigenvalue weighted by Crippen LogP contribution is -2.35. The second-order valence-electron chi connectivity index (χ2n) is 8.00. The first kappa shape index (κ1) is 22.0. The highest BCUT2D eigenvalue weighted by atomic mass is 16.5. The number of aryl methyl sites for hydroxylation is 1. The summed E-state index contributed by atoms with van der Waals surface area (Å²) >= 11 is 0. The fraction of sp³-hybridized carbons (Fsp3) is 0.346. The van der Waals surface area contributed by atoms with Crippen molar-refractivity contribution in [2.75, 3.05) is 26.3 Å². The summed E-state index contributed by atoms with van der Waals surface area (Å²) in [6.07, 6.45) is 8.18. The van der Waals surface area contributed by atoms with E-state index in [2.05, 4.69) is 46.1 Å². The molecule has 0 bridgehead atoms. The van der Waals surface area contributed by atoms with Gasteiger partial charge in [0.1, 0.15) is 12.0 Å². The Kier molecular flexibility index (Phi) is 7.46. The van der Waals surface area contributed by atoms with Crippen molar-refractivity contribution in [1.29, 1.82) is 0 Å². The number of morpholine rings is 1. The first-order chi connectivity index (χ1) is 15.8. The largest absolute Gasteiger partial charge is 0.378 e. The Bertz CT molecular complexity index is 1040. The number of ketones is 1. The summed E-state index contributed by atoms with van der Waals surface area (Å²) in [5.74, 6) is 0.335. The minimum Gasteiger partial charge on any atom is -0.378 e. The molecule has 0 amide bonds. The van der Waals surface area contributed by atoms with Gasteiger partial charge in [-0.25, -0.2) is 9.98 Å². The SMILES string of the molecule is CCCCCc1ccc(-n2cnc(N=CN3CCOCC3)c2C(=O)c2ccccc2)cc1. The molecule has 2 aromatic carbocycles. The molecule has 0 atom stereocenters. The van der Waals surface area contributed by atoms with E-state index in [1.54, 1.807) is 12.7 Å². The van der Waals surface area contributed by atoms with Crippen LogP contribution in [0.1, 0.15) is 47.8 Å². The summed E-state index contributed by atoms with van der Waals surface area (Å²) < 4.78 is 7.24. The van der Waals surface area contributed by atoms with Crippen molar-refractivity contribution >= 4 is 17.9 Å². The predicted molar refractivity (Wildman–Crippen MR) is 127 cm³/mol. The van der Waals surface area contributed by atoms with E-state index in [-0.39, 0.29) is 5.78 Å². The van der Waals surface area contributed by atoms with Crippen LogP contribution in [0.15, 0.2) is 65.9 Å². The van der Waals surface area contributed by atoms with Crippen molar-refractivity contribution < 1.29 is 9.53 Å². The van der Waals surface area contributed by atoms with Gasteiger partial charge in [-0.05, 0) is 30.5 Å². The molecular weight excluding hydrogens is 400 g/mol. The number of benzene rings is 2. The Morgan fingerprint density at radius 3 is 2.53 bits per heavy atom. The first-order valence-corrected chi connectivity index (χ1v) is 11.4. The molecule has 0 N–H and O–H groups in total. The Morgan fingerprint density at radius 1 is 1.06 bits per heavy atom. The monoisotopic (exact) mass is 430 g/mol. The Balaban J connectivity index is 1.65. The average Bonchev–Trinajstić information content (AvgIpc) is 3.28. The van der Waals surface area contributed by atoms with Crippen LogP contribution in [0.2, 0.25) is 0 Å². The number of hydrogen-bond donors (Lipinski definition) is 0.